The maximum Gasteiger partial charge on any atom is 0.262 e. The lowest BCUT2D eigenvalue weighted by Gasteiger charge is -2.43. The zero-order valence-corrected chi connectivity index (χ0v) is 12.2. The minimum absolute atomic E-state index is 0.0765. The zero-order chi connectivity index (χ0) is 14.4. The number of benzene rings is 1. The number of fused-ring (bicyclic) bond motifs is 2. The molecule has 110 valence electrons. The van der Waals surface area contributed by atoms with Crippen LogP contribution in [-0.4, -0.2) is 41.9 Å². The van der Waals surface area contributed by atoms with E-state index in [1.54, 1.807) is 21.9 Å². The highest BCUT2D eigenvalue weighted by Gasteiger charge is 2.47. The van der Waals surface area contributed by atoms with Gasteiger partial charge in [0.15, 0.2) is 0 Å². The first-order valence-corrected chi connectivity index (χ1v) is 8.09. The van der Waals surface area contributed by atoms with Gasteiger partial charge < -0.3 is 4.90 Å². The quantitative estimate of drug-likeness (QED) is 0.778. The number of hydrogen-bond donors (Lipinski definition) is 1. The van der Waals surface area contributed by atoms with E-state index in [0.717, 1.165) is 19.3 Å². The molecule has 3 aliphatic heterocycles. The van der Waals surface area contributed by atoms with E-state index in [1.807, 2.05) is 12.1 Å². The Bertz CT molecular complexity index is 561. The van der Waals surface area contributed by atoms with Crippen LogP contribution in [0.15, 0.2) is 24.3 Å². The summed E-state index contributed by atoms with van der Waals surface area (Å²) in [5.74, 6) is -0.153. The maximum absolute atomic E-state index is 12.7. The Morgan fingerprint density at radius 3 is 2.29 bits per heavy atom. The van der Waals surface area contributed by atoms with E-state index in [1.165, 1.54) is 25.9 Å². The van der Waals surface area contributed by atoms with Crippen LogP contribution >= 0.6 is 0 Å². The second-order valence-electron chi connectivity index (χ2n) is 6.50. The molecule has 1 unspecified atom stereocenters. The van der Waals surface area contributed by atoms with Gasteiger partial charge in [0, 0.05) is 6.42 Å². The van der Waals surface area contributed by atoms with Crippen LogP contribution in [0.3, 0.4) is 0 Å². The van der Waals surface area contributed by atoms with Crippen LogP contribution in [0.2, 0.25) is 0 Å². The number of nitrogens with one attached hydrogen (secondary N) is 1. The molecular weight excluding hydrogens is 264 g/mol. The van der Waals surface area contributed by atoms with Crippen LogP contribution < -0.4 is 4.90 Å². The molecular formula is C17H21N2O2+. The Balaban J connectivity index is 1.67. The molecule has 0 aliphatic carbocycles. The molecule has 0 aromatic heterocycles. The Morgan fingerprint density at radius 1 is 0.905 bits per heavy atom. The van der Waals surface area contributed by atoms with Crippen molar-refractivity contribution in [2.45, 2.75) is 44.2 Å². The lowest BCUT2D eigenvalue weighted by atomic mass is 9.88. The summed E-state index contributed by atoms with van der Waals surface area (Å²) in [5, 5.41) is 0. The Kier molecular flexibility index (Phi) is 3.07. The first kappa shape index (κ1) is 13.0. The summed E-state index contributed by atoms with van der Waals surface area (Å²) in [5.41, 5.74) is 1.18. The lowest BCUT2D eigenvalue weighted by molar-refractivity contribution is -0.937. The van der Waals surface area contributed by atoms with E-state index >= 15 is 0 Å². The summed E-state index contributed by atoms with van der Waals surface area (Å²) < 4.78 is 0. The molecule has 0 spiro atoms. The largest absolute Gasteiger partial charge is 0.331 e. The summed E-state index contributed by atoms with van der Waals surface area (Å²) in [4.78, 5) is 28.5. The molecule has 1 aromatic rings. The third-order valence-electron chi connectivity index (χ3n) is 5.41. The van der Waals surface area contributed by atoms with E-state index in [4.69, 9.17) is 0 Å². The fourth-order valence-electron chi connectivity index (χ4n) is 4.44. The van der Waals surface area contributed by atoms with Crippen LogP contribution in [0.4, 0.5) is 0 Å². The smallest absolute Gasteiger partial charge is 0.262 e. The van der Waals surface area contributed by atoms with Crippen molar-refractivity contribution in [3.63, 3.8) is 0 Å². The van der Waals surface area contributed by atoms with E-state index in [0.29, 0.717) is 17.2 Å². The monoisotopic (exact) mass is 285 g/mol. The van der Waals surface area contributed by atoms with Gasteiger partial charge in [0.1, 0.15) is 6.04 Å². The van der Waals surface area contributed by atoms with Crippen LogP contribution in [-0.2, 0) is 0 Å². The topological polar surface area (TPSA) is 41.8 Å². The van der Waals surface area contributed by atoms with Gasteiger partial charge in [-0.1, -0.05) is 12.1 Å². The Labute approximate surface area is 124 Å². The number of piperidine rings is 2. The van der Waals surface area contributed by atoms with Crippen molar-refractivity contribution in [1.29, 1.82) is 0 Å². The van der Waals surface area contributed by atoms with Crippen LogP contribution in [0.5, 0.6) is 0 Å². The summed E-state index contributed by atoms with van der Waals surface area (Å²) in [6.07, 6.45) is 5.74. The van der Waals surface area contributed by atoms with Crippen molar-refractivity contribution >= 4 is 11.8 Å². The summed E-state index contributed by atoms with van der Waals surface area (Å²) in [6, 6.07) is 7.79. The van der Waals surface area contributed by atoms with E-state index < -0.39 is 0 Å². The van der Waals surface area contributed by atoms with Gasteiger partial charge in [-0.2, -0.15) is 0 Å². The van der Waals surface area contributed by atoms with Crippen molar-refractivity contribution in [3.8, 4) is 0 Å². The number of rotatable bonds is 1. The molecule has 2 saturated heterocycles. The molecule has 3 heterocycles. The van der Waals surface area contributed by atoms with Gasteiger partial charge in [0.2, 0.25) is 0 Å². The molecule has 21 heavy (non-hydrogen) atoms. The predicted octanol–water partition coefficient (Wildman–Crippen LogP) is 0.882. The summed E-state index contributed by atoms with van der Waals surface area (Å²) in [7, 11) is 0. The van der Waals surface area contributed by atoms with Gasteiger partial charge in [-0.15, -0.1) is 0 Å². The van der Waals surface area contributed by atoms with Crippen LogP contribution in [0, 0.1) is 0 Å². The zero-order valence-electron chi connectivity index (χ0n) is 12.2. The number of hydrogen-bond acceptors (Lipinski definition) is 2. The third kappa shape index (κ3) is 1.93. The highest BCUT2D eigenvalue weighted by Crippen LogP contribution is 2.29. The van der Waals surface area contributed by atoms with Gasteiger partial charge in [-0.3, -0.25) is 14.5 Å². The van der Waals surface area contributed by atoms with Crippen LogP contribution in [0.25, 0.3) is 0 Å². The standard InChI is InChI=1S/C17H20N2O2/c20-16-12-6-1-2-7-13(12)17(21)19(16)15-9-5-11-18-10-4-3-8-14(15)18/h1-2,6-7,14-15H,3-5,8-11H2/p+1/t14-,15+/m1/s1. The van der Waals surface area contributed by atoms with Gasteiger partial charge in [-0.25, -0.2) is 0 Å². The highest BCUT2D eigenvalue weighted by molar-refractivity contribution is 6.21. The van der Waals surface area contributed by atoms with Crippen molar-refractivity contribution < 1.29 is 14.5 Å². The predicted molar refractivity (Wildman–Crippen MR) is 78.3 cm³/mol. The van der Waals surface area contributed by atoms with Gasteiger partial charge in [0.05, 0.1) is 30.3 Å². The highest BCUT2D eigenvalue weighted by atomic mass is 16.2. The molecule has 4 rings (SSSR count). The fraction of sp³-hybridized carbons (Fsp3) is 0.529. The molecule has 2 fully saturated rings. The van der Waals surface area contributed by atoms with Gasteiger partial charge in [-0.05, 0) is 37.8 Å². The summed E-state index contributed by atoms with van der Waals surface area (Å²) >= 11 is 0. The molecule has 0 bridgehead atoms. The second-order valence-corrected chi connectivity index (χ2v) is 6.50. The number of nitrogens with zero attached hydrogens (tertiary/aromatic N) is 1. The van der Waals surface area contributed by atoms with E-state index in [-0.39, 0.29) is 17.9 Å². The molecule has 2 amide bonds. The molecule has 3 aliphatic rings. The second kappa shape index (κ2) is 4.95. The Hall–Kier alpha value is -1.68. The van der Waals surface area contributed by atoms with E-state index in [9.17, 15) is 9.59 Å². The number of quaternary nitrogens is 1. The summed E-state index contributed by atoms with van der Waals surface area (Å²) in [6.45, 7) is 2.40. The molecule has 4 heteroatoms. The lowest BCUT2D eigenvalue weighted by Crippen LogP contribution is -3.19. The minimum Gasteiger partial charge on any atom is -0.331 e. The van der Waals surface area contributed by atoms with Gasteiger partial charge >= 0.3 is 0 Å². The fourth-order valence-corrected chi connectivity index (χ4v) is 4.44. The number of amides is 2. The number of carbonyl (C=O) groups is 2. The molecule has 0 radical (unpaired) electrons. The molecule has 4 nitrogen and oxygen atoms in total. The maximum atomic E-state index is 12.7. The SMILES string of the molecule is O=C1c2ccccc2C(=O)N1[C@H]1CCC[NH+]2CCCC[C@H]12. The average molecular weight is 285 g/mol. The van der Waals surface area contributed by atoms with Crippen molar-refractivity contribution in [3.05, 3.63) is 35.4 Å². The first-order chi connectivity index (χ1) is 10.3. The number of imide groups is 1. The Morgan fingerprint density at radius 2 is 1.57 bits per heavy atom. The van der Waals surface area contributed by atoms with Crippen molar-refractivity contribution in [2.75, 3.05) is 13.1 Å². The average Bonchev–Trinajstić information content (AvgIpc) is 2.79. The molecule has 3 atom stereocenters. The van der Waals surface area contributed by atoms with Crippen molar-refractivity contribution in [2.24, 2.45) is 0 Å². The molecule has 1 aromatic carbocycles. The minimum atomic E-state index is -0.0765. The molecule has 0 saturated carbocycles. The van der Waals surface area contributed by atoms with Crippen molar-refractivity contribution in [1.82, 2.24) is 4.90 Å². The first-order valence-electron chi connectivity index (χ1n) is 8.09. The third-order valence-corrected chi connectivity index (χ3v) is 5.41. The van der Waals surface area contributed by atoms with E-state index in [2.05, 4.69) is 0 Å². The molecule has 1 N–H and O–H groups in total. The van der Waals surface area contributed by atoms with Crippen LogP contribution in [0.1, 0.15) is 52.8 Å². The number of carbonyl (C=O) groups excluding carboxylic acids is 2. The van der Waals surface area contributed by atoms with Gasteiger partial charge in [0.25, 0.3) is 11.8 Å². The normalized spacial score (nSPS) is 32.0.